The molecular formula is C107H71N3O3S. The van der Waals surface area contributed by atoms with Crippen LogP contribution in [0.4, 0.5) is 0 Å². The Hall–Kier alpha value is -14.4. The van der Waals surface area contributed by atoms with Gasteiger partial charge in [0.05, 0.1) is 27.3 Å². The summed E-state index contributed by atoms with van der Waals surface area (Å²) >= 11 is 1.82. The zero-order valence-corrected chi connectivity index (χ0v) is 63.6. The normalized spacial score (nSPS) is 11.8. The predicted molar refractivity (Wildman–Crippen MR) is 480 cm³/mol. The standard InChI is InChI=1S/C41H25NO.C33H25NOS.C33H21NO/c1-2-9-31-23-33(22-15-26(31)7-1)40-41-37(35-11-5-6-12-39(35)43-41)25-38(42-40)30-19-13-27(14-20-30)32-21-18-29-17-16-28-8-3-4-10-34(28)36(29)24-32;1-33(2,3)22-14-16-29-25(19-22)32-30(36-29)17-15-26(34-32)21-9-6-8-20(18-21)23-11-7-13-28-31(23)24-10-4-5-12-27(24)35-28;1-2-9-25(10-3-1)32-33-29(28-12-6-7-13-31(28)35-33)21-30(34-32)24-17-14-23(15-18-24)27-19-16-22-8-4-5-11-26(22)20-27/h1-25H;4-19H,1-3H3;1-21H. The maximum atomic E-state index is 6.42. The van der Waals surface area contributed by atoms with Gasteiger partial charge in [0.1, 0.15) is 33.7 Å². The summed E-state index contributed by atoms with van der Waals surface area (Å²) in [4.78, 5) is 15.5. The van der Waals surface area contributed by atoms with Gasteiger partial charge in [-0.3, -0.25) is 0 Å². The van der Waals surface area contributed by atoms with E-state index in [1.165, 1.54) is 91.3 Å². The summed E-state index contributed by atoms with van der Waals surface area (Å²) in [7, 11) is 0. The van der Waals surface area contributed by atoms with E-state index in [1.54, 1.807) is 0 Å². The van der Waals surface area contributed by atoms with Crippen molar-refractivity contribution >= 4 is 141 Å². The molecule has 7 aromatic heterocycles. The van der Waals surface area contributed by atoms with Crippen molar-refractivity contribution in [1.82, 2.24) is 15.0 Å². The zero-order chi connectivity index (χ0) is 76.0. The Bertz CT molecular complexity index is 7710. The van der Waals surface area contributed by atoms with Gasteiger partial charge in [0, 0.05) is 70.2 Å². The maximum Gasteiger partial charge on any atom is 0.161 e. The van der Waals surface area contributed by atoms with Crippen molar-refractivity contribution in [2.75, 3.05) is 0 Å². The van der Waals surface area contributed by atoms with Gasteiger partial charge in [-0.2, -0.15) is 0 Å². The molecule has 0 aliphatic carbocycles. The first-order valence-electron chi connectivity index (χ1n) is 38.7. The second-order valence-electron chi connectivity index (χ2n) is 30.5. The van der Waals surface area contributed by atoms with Crippen LogP contribution in [-0.4, -0.2) is 15.0 Å². The van der Waals surface area contributed by atoms with E-state index >= 15 is 0 Å². The second-order valence-corrected chi connectivity index (χ2v) is 31.6. The van der Waals surface area contributed by atoms with E-state index in [-0.39, 0.29) is 5.41 Å². The molecule has 0 aliphatic rings. The number of furan rings is 3. The molecule has 114 heavy (non-hydrogen) atoms. The van der Waals surface area contributed by atoms with Crippen LogP contribution in [0.15, 0.2) is 389 Å². The van der Waals surface area contributed by atoms with E-state index < -0.39 is 0 Å². The summed E-state index contributed by atoms with van der Waals surface area (Å²) in [5.74, 6) is 0. The van der Waals surface area contributed by atoms with E-state index in [2.05, 4.69) is 336 Å². The van der Waals surface area contributed by atoms with Crippen molar-refractivity contribution < 1.29 is 13.3 Å². The topological polar surface area (TPSA) is 78.1 Å². The van der Waals surface area contributed by atoms with Crippen LogP contribution in [-0.2, 0) is 5.41 Å². The highest BCUT2D eigenvalue weighted by atomic mass is 32.1. The average Bonchev–Trinajstić information content (AvgIpc) is 1.52. The molecule has 0 atom stereocenters. The van der Waals surface area contributed by atoms with Crippen LogP contribution in [0.3, 0.4) is 0 Å². The first-order chi connectivity index (χ1) is 56.1. The maximum absolute atomic E-state index is 6.42. The monoisotopic (exact) mass is 1480 g/mol. The fourth-order valence-corrected chi connectivity index (χ4v) is 17.4. The Kier molecular flexibility index (Phi) is 16.6. The number of benzene rings is 16. The Morgan fingerprint density at radius 1 is 0.237 bits per heavy atom. The van der Waals surface area contributed by atoms with Crippen molar-refractivity contribution in [3.8, 4) is 89.7 Å². The van der Waals surface area contributed by atoms with E-state index in [4.69, 9.17) is 28.2 Å². The highest BCUT2D eigenvalue weighted by Crippen LogP contribution is 2.44. The number of thiophene rings is 1. The Labute approximate surface area is 661 Å². The highest BCUT2D eigenvalue weighted by Gasteiger charge is 2.22. The molecule has 0 aliphatic heterocycles. The molecule has 16 aromatic carbocycles. The van der Waals surface area contributed by atoms with E-state index in [9.17, 15) is 0 Å². The molecule has 0 saturated carbocycles. The first kappa shape index (κ1) is 67.7. The summed E-state index contributed by atoms with van der Waals surface area (Å²) in [6, 6.07) is 133. The highest BCUT2D eigenvalue weighted by molar-refractivity contribution is 7.25. The molecule has 0 saturated heterocycles. The van der Waals surface area contributed by atoms with E-state index in [1.807, 2.05) is 72.0 Å². The van der Waals surface area contributed by atoms with Crippen LogP contribution >= 0.6 is 11.3 Å². The van der Waals surface area contributed by atoms with Crippen molar-refractivity contribution in [2.45, 2.75) is 26.2 Å². The number of rotatable bonds is 8. The van der Waals surface area contributed by atoms with Gasteiger partial charge in [0.25, 0.3) is 0 Å². The minimum atomic E-state index is 0.104. The lowest BCUT2D eigenvalue weighted by Gasteiger charge is -2.18. The molecular weight excluding hydrogens is 1410 g/mol. The van der Waals surface area contributed by atoms with Crippen LogP contribution in [0.5, 0.6) is 0 Å². The Morgan fingerprint density at radius 3 is 1.33 bits per heavy atom. The summed E-state index contributed by atoms with van der Waals surface area (Å²) in [6.07, 6.45) is 0. The number of aromatic nitrogens is 3. The summed E-state index contributed by atoms with van der Waals surface area (Å²) in [5.41, 5.74) is 24.9. The third-order valence-electron chi connectivity index (χ3n) is 22.4. The average molecular weight is 1480 g/mol. The minimum absolute atomic E-state index is 0.104. The predicted octanol–water partition coefficient (Wildman–Crippen LogP) is 30.6. The molecule has 0 amide bonds. The number of hydrogen-bond donors (Lipinski definition) is 0. The smallest absolute Gasteiger partial charge is 0.161 e. The minimum Gasteiger partial charge on any atom is -0.456 e. The van der Waals surface area contributed by atoms with Crippen LogP contribution in [0, 0.1) is 0 Å². The molecule has 0 bridgehead atoms. The number of pyridine rings is 3. The van der Waals surface area contributed by atoms with E-state index in [0.717, 1.165) is 133 Å². The Balaban J connectivity index is 0.000000108. The van der Waals surface area contributed by atoms with Gasteiger partial charge in [-0.1, -0.05) is 312 Å². The third kappa shape index (κ3) is 12.4. The van der Waals surface area contributed by atoms with Crippen molar-refractivity contribution in [1.29, 1.82) is 0 Å². The summed E-state index contributed by atoms with van der Waals surface area (Å²) in [6.45, 7) is 6.78. The van der Waals surface area contributed by atoms with Crippen molar-refractivity contribution in [2.24, 2.45) is 0 Å². The summed E-state index contributed by atoms with van der Waals surface area (Å²) in [5, 5.41) is 17.9. The number of hydrogen-bond acceptors (Lipinski definition) is 7. The van der Waals surface area contributed by atoms with Crippen molar-refractivity contribution in [3.63, 3.8) is 0 Å². The molecule has 6 nitrogen and oxygen atoms in total. The number of fused-ring (bicyclic) bond motifs is 17. The molecule has 0 radical (unpaired) electrons. The van der Waals surface area contributed by atoms with Gasteiger partial charge < -0.3 is 13.3 Å². The van der Waals surface area contributed by atoms with Gasteiger partial charge in [-0.15, -0.1) is 11.3 Å². The van der Waals surface area contributed by atoms with Gasteiger partial charge in [-0.25, -0.2) is 15.0 Å². The van der Waals surface area contributed by atoms with Gasteiger partial charge in [0.2, 0.25) is 0 Å². The fourth-order valence-electron chi connectivity index (χ4n) is 16.4. The molecule has 23 rings (SSSR count). The van der Waals surface area contributed by atoms with Gasteiger partial charge >= 0.3 is 0 Å². The van der Waals surface area contributed by atoms with Gasteiger partial charge in [-0.05, 0) is 172 Å². The molecule has 0 unspecified atom stereocenters. The third-order valence-corrected chi connectivity index (χ3v) is 23.5. The first-order valence-corrected chi connectivity index (χ1v) is 39.6. The summed E-state index contributed by atoms with van der Waals surface area (Å²) < 4.78 is 21.3. The zero-order valence-electron chi connectivity index (χ0n) is 62.8. The molecule has 0 spiro atoms. The van der Waals surface area contributed by atoms with Gasteiger partial charge in [0.15, 0.2) is 11.2 Å². The van der Waals surface area contributed by atoms with Crippen LogP contribution in [0.1, 0.15) is 26.3 Å². The molecule has 23 aromatic rings. The molecule has 0 fully saturated rings. The number of nitrogens with zero attached hydrogens (tertiary/aromatic N) is 3. The lowest BCUT2D eigenvalue weighted by molar-refractivity contribution is 0.591. The van der Waals surface area contributed by atoms with Crippen LogP contribution in [0.25, 0.3) is 219 Å². The number of para-hydroxylation sites is 3. The SMILES string of the molecule is CC(C)(C)c1ccc2sc3ccc(-c4cccc(-c5cccc6oc7ccccc7c56)c4)nc3c2c1.c1ccc(-c2nc(-c3ccc(-c4ccc5ccccc5c4)cc3)cc3c2oc2ccccc23)cc1.c1ccc2cc(-c3nc(-c4ccc(-c5ccc6ccc7ccccc7c6c5)cc4)cc4c3oc3ccccc34)ccc2c1. The molecule has 538 valence electrons. The fraction of sp³-hybridized carbons (Fsp3) is 0.0374. The lowest BCUT2D eigenvalue weighted by atomic mass is 9.86. The second kappa shape index (κ2) is 27.9. The van der Waals surface area contributed by atoms with E-state index in [0.29, 0.717) is 0 Å². The molecule has 7 heterocycles. The molecule has 7 heteroatoms. The van der Waals surface area contributed by atoms with Crippen LogP contribution in [0.2, 0.25) is 0 Å². The van der Waals surface area contributed by atoms with Crippen LogP contribution < -0.4 is 0 Å². The quantitative estimate of drug-likeness (QED) is 0.141. The van der Waals surface area contributed by atoms with Crippen molar-refractivity contribution in [3.05, 3.63) is 382 Å². The molecule has 0 N–H and O–H groups in total. The lowest BCUT2D eigenvalue weighted by Crippen LogP contribution is -2.10. The largest absolute Gasteiger partial charge is 0.456 e. The Morgan fingerprint density at radius 2 is 0.693 bits per heavy atom.